The minimum absolute atomic E-state index is 0.0286. The summed E-state index contributed by atoms with van der Waals surface area (Å²) in [6.07, 6.45) is 0.835. The van der Waals surface area contributed by atoms with Gasteiger partial charge in [-0.2, -0.15) is 0 Å². The lowest BCUT2D eigenvalue weighted by Gasteiger charge is -2.25. The fraction of sp³-hybridized carbons (Fsp3) is 0.429. The third kappa shape index (κ3) is 11.3. The first-order valence-corrected chi connectivity index (χ1v) is 16.3. The van der Waals surface area contributed by atoms with Crippen LogP contribution in [0.15, 0.2) is 48.5 Å². The Morgan fingerprint density at radius 1 is 0.878 bits per heavy atom. The SMILES string of the molecule is CCCCOC(=O)c1ccccc1OP(=O)(CC(CCC(=O)O)C(=O)OC)Oc1ccccc1C(=O)OCCCI. The van der Waals surface area contributed by atoms with Gasteiger partial charge in [-0.25, -0.2) is 14.2 Å². The standard InChI is InChI=1S/C28H34IO11P/c1-3-4-17-37-27(33)21-10-5-7-12-23(21)39-41(35,19-20(26(32)36-2)14-15-25(30)31)40-24-13-8-6-11-22(24)28(34)38-18-9-16-29/h5-8,10-13,20H,3-4,9,14-19H2,1-2H3,(H,30,31). The smallest absolute Gasteiger partial charge is 0.431 e. The molecule has 0 aliphatic carbocycles. The average Bonchev–Trinajstić information content (AvgIpc) is 2.95. The van der Waals surface area contributed by atoms with Gasteiger partial charge in [0.05, 0.1) is 32.4 Å². The zero-order valence-corrected chi connectivity index (χ0v) is 26.0. The van der Waals surface area contributed by atoms with Crippen molar-refractivity contribution >= 4 is 54.1 Å². The van der Waals surface area contributed by atoms with E-state index in [0.717, 1.165) is 18.0 Å². The van der Waals surface area contributed by atoms with Crippen LogP contribution >= 0.6 is 30.2 Å². The number of aliphatic carboxylic acids is 1. The molecule has 0 saturated heterocycles. The second kappa shape index (κ2) is 17.6. The largest absolute Gasteiger partial charge is 0.481 e. The van der Waals surface area contributed by atoms with Crippen molar-refractivity contribution < 1.29 is 52.1 Å². The van der Waals surface area contributed by atoms with Crippen LogP contribution in [0.1, 0.15) is 59.7 Å². The molecular formula is C28H34IO11P. The number of hydrogen-bond donors (Lipinski definition) is 1. The summed E-state index contributed by atoms with van der Waals surface area (Å²) in [5, 5.41) is 9.17. The van der Waals surface area contributed by atoms with Crippen molar-refractivity contribution in [1.29, 1.82) is 0 Å². The van der Waals surface area contributed by atoms with Gasteiger partial charge in [0, 0.05) is 10.8 Å². The summed E-state index contributed by atoms with van der Waals surface area (Å²) >= 11 is 2.15. The van der Waals surface area contributed by atoms with Gasteiger partial charge in [0.2, 0.25) is 0 Å². The Hall–Kier alpha value is -3.12. The van der Waals surface area contributed by atoms with E-state index in [4.69, 9.17) is 23.3 Å². The molecule has 2 aromatic rings. The summed E-state index contributed by atoms with van der Waals surface area (Å²) in [5.74, 6) is -4.90. The van der Waals surface area contributed by atoms with Crippen molar-refractivity contribution in [1.82, 2.24) is 0 Å². The predicted octanol–water partition coefficient (Wildman–Crippen LogP) is 5.93. The van der Waals surface area contributed by atoms with E-state index in [-0.39, 0.29) is 42.3 Å². The van der Waals surface area contributed by atoms with E-state index >= 15 is 0 Å². The molecule has 0 bridgehead atoms. The van der Waals surface area contributed by atoms with E-state index in [9.17, 15) is 28.8 Å². The Balaban J connectivity index is 2.50. The lowest BCUT2D eigenvalue weighted by atomic mass is 10.1. The van der Waals surface area contributed by atoms with E-state index in [2.05, 4.69) is 22.6 Å². The van der Waals surface area contributed by atoms with E-state index in [0.29, 0.717) is 12.8 Å². The third-order valence-corrected chi connectivity index (χ3v) is 8.22. The Bertz CT molecular complexity index is 1160. The number of carboxylic acids is 1. The van der Waals surface area contributed by atoms with Crippen LogP contribution in [0.4, 0.5) is 0 Å². The number of benzene rings is 2. The number of methoxy groups -OCH3 is 1. The molecule has 11 nitrogen and oxygen atoms in total. The van der Waals surface area contributed by atoms with Gasteiger partial charge in [-0.05, 0) is 43.5 Å². The second-order valence-corrected chi connectivity index (χ2v) is 11.8. The highest BCUT2D eigenvalue weighted by Crippen LogP contribution is 2.52. The molecule has 13 heteroatoms. The van der Waals surface area contributed by atoms with E-state index < -0.39 is 50.0 Å². The Labute approximate surface area is 252 Å². The molecule has 0 saturated carbocycles. The minimum Gasteiger partial charge on any atom is -0.481 e. The molecule has 2 aromatic carbocycles. The predicted molar refractivity (Wildman–Crippen MR) is 158 cm³/mol. The molecule has 0 fully saturated rings. The minimum atomic E-state index is -4.45. The fourth-order valence-electron chi connectivity index (χ4n) is 3.52. The van der Waals surface area contributed by atoms with Crippen molar-refractivity contribution in [3.05, 3.63) is 59.7 Å². The van der Waals surface area contributed by atoms with Crippen LogP contribution in [0.5, 0.6) is 11.5 Å². The first kappa shape index (κ1) is 34.1. The molecule has 224 valence electrons. The summed E-state index contributed by atoms with van der Waals surface area (Å²) in [7, 11) is -3.34. The highest BCUT2D eigenvalue weighted by molar-refractivity contribution is 14.1. The Morgan fingerprint density at radius 3 is 1.85 bits per heavy atom. The molecule has 0 amide bonds. The molecule has 1 N–H and O–H groups in total. The van der Waals surface area contributed by atoms with Crippen LogP contribution in [-0.4, -0.2) is 59.9 Å². The molecule has 0 spiro atoms. The van der Waals surface area contributed by atoms with Gasteiger partial charge in [-0.1, -0.05) is 60.2 Å². The topological polar surface area (TPSA) is 152 Å². The molecule has 2 rings (SSSR count). The summed E-state index contributed by atoms with van der Waals surface area (Å²) < 4.78 is 42.3. The number of hydrogen-bond acceptors (Lipinski definition) is 10. The van der Waals surface area contributed by atoms with Crippen LogP contribution in [0.2, 0.25) is 0 Å². The quantitative estimate of drug-likeness (QED) is 0.0491. The zero-order valence-electron chi connectivity index (χ0n) is 22.9. The fourth-order valence-corrected chi connectivity index (χ4v) is 5.81. The van der Waals surface area contributed by atoms with Gasteiger partial charge in [-0.3, -0.25) is 9.59 Å². The number of carbonyl (C=O) groups excluding carboxylic acids is 3. The zero-order chi connectivity index (χ0) is 30.3. The first-order valence-electron chi connectivity index (χ1n) is 13.0. The van der Waals surface area contributed by atoms with Crippen LogP contribution in [0, 0.1) is 5.92 Å². The average molecular weight is 704 g/mol. The normalized spacial score (nSPS) is 12.9. The lowest BCUT2D eigenvalue weighted by Crippen LogP contribution is -2.24. The van der Waals surface area contributed by atoms with Gasteiger partial charge in [0.25, 0.3) is 0 Å². The monoisotopic (exact) mass is 704 g/mol. The van der Waals surface area contributed by atoms with E-state index in [1.165, 1.54) is 24.3 Å². The molecule has 0 radical (unpaired) electrons. The van der Waals surface area contributed by atoms with Crippen molar-refractivity contribution in [2.75, 3.05) is 30.9 Å². The Kier molecular flexibility index (Phi) is 14.7. The highest BCUT2D eigenvalue weighted by Gasteiger charge is 2.38. The molecule has 0 aliphatic rings. The second-order valence-electron chi connectivity index (χ2n) is 8.79. The molecule has 0 aromatic heterocycles. The van der Waals surface area contributed by atoms with Crippen LogP contribution in [-0.2, 0) is 28.4 Å². The number of rotatable bonds is 18. The lowest BCUT2D eigenvalue weighted by molar-refractivity contribution is -0.145. The summed E-state index contributed by atoms with van der Waals surface area (Å²) in [6, 6.07) is 11.9. The number of para-hydroxylation sites is 2. The van der Waals surface area contributed by atoms with Crippen LogP contribution in [0.3, 0.4) is 0 Å². The van der Waals surface area contributed by atoms with Gasteiger partial charge in [0.15, 0.2) is 0 Å². The maximum absolute atomic E-state index is 14.4. The number of halogens is 1. The number of alkyl halides is 1. The maximum Gasteiger partial charge on any atom is 0.431 e. The Morgan fingerprint density at radius 2 is 1.39 bits per heavy atom. The van der Waals surface area contributed by atoms with Gasteiger partial charge < -0.3 is 28.4 Å². The number of ether oxygens (including phenoxy) is 3. The van der Waals surface area contributed by atoms with Gasteiger partial charge in [-0.15, -0.1) is 0 Å². The maximum atomic E-state index is 14.4. The molecular weight excluding hydrogens is 670 g/mol. The number of carbonyl (C=O) groups is 4. The number of esters is 3. The summed E-state index contributed by atoms with van der Waals surface area (Å²) in [5.41, 5.74) is -0.0590. The van der Waals surface area contributed by atoms with Gasteiger partial charge >= 0.3 is 31.5 Å². The van der Waals surface area contributed by atoms with Crippen LogP contribution in [0.25, 0.3) is 0 Å². The van der Waals surface area contributed by atoms with E-state index in [1.54, 1.807) is 24.3 Å². The number of unbranched alkanes of at least 4 members (excludes halogenated alkanes) is 1. The van der Waals surface area contributed by atoms with Crippen molar-refractivity contribution in [3.8, 4) is 11.5 Å². The number of carboxylic acid groups (broad SMARTS) is 1. The highest BCUT2D eigenvalue weighted by atomic mass is 127. The summed E-state index contributed by atoms with van der Waals surface area (Å²) in [4.78, 5) is 49.3. The van der Waals surface area contributed by atoms with Crippen molar-refractivity contribution in [2.24, 2.45) is 5.92 Å². The van der Waals surface area contributed by atoms with Gasteiger partial charge in [0.1, 0.15) is 22.6 Å². The third-order valence-electron chi connectivity index (χ3n) is 5.62. The van der Waals surface area contributed by atoms with E-state index in [1.807, 2.05) is 6.92 Å². The molecule has 2 atom stereocenters. The molecule has 2 unspecified atom stereocenters. The van der Waals surface area contributed by atoms with Crippen LogP contribution < -0.4 is 9.05 Å². The molecule has 41 heavy (non-hydrogen) atoms. The van der Waals surface area contributed by atoms with Crippen molar-refractivity contribution in [3.63, 3.8) is 0 Å². The molecule has 0 heterocycles. The summed E-state index contributed by atoms with van der Waals surface area (Å²) in [6.45, 7) is 2.28. The molecule has 0 aliphatic heterocycles. The first-order chi connectivity index (χ1) is 19.6. The van der Waals surface area contributed by atoms with Crippen molar-refractivity contribution in [2.45, 2.75) is 39.0 Å².